The van der Waals surface area contributed by atoms with E-state index in [1.165, 1.54) is 17.7 Å². The van der Waals surface area contributed by atoms with Gasteiger partial charge in [-0.3, -0.25) is 0 Å². The van der Waals surface area contributed by atoms with Crippen LogP contribution in [0.15, 0.2) is 24.3 Å². The topological polar surface area (TPSA) is 21.3 Å². The standard InChI is InChI=1S/C16H22ClNOS/c1-12(14-4-2-3-5-15(14)17)18-13-6-8-19-16(10-13)7-9-20-11-16/h2-5,12-13,18H,6-11H2,1H3/t12-,13?,16?/m1/s1. The number of ether oxygens (including phenoxy) is 1. The van der Waals surface area contributed by atoms with Crippen molar-refractivity contribution in [2.75, 3.05) is 18.1 Å². The molecule has 2 saturated heterocycles. The third-order valence-corrected chi connectivity index (χ3v) is 5.98. The molecule has 0 amide bonds. The van der Waals surface area contributed by atoms with E-state index in [2.05, 4.69) is 24.4 Å². The Hall–Kier alpha value is -0.220. The SMILES string of the molecule is C[C@@H](NC1CCOC2(CCSC2)C1)c1ccccc1Cl. The Kier molecular flexibility index (Phi) is 4.61. The van der Waals surface area contributed by atoms with Gasteiger partial charge in [0.2, 0.25) is 0 Å². The van der Waals surface area contributed by atoms with Crippen molar-refractivity contribution < 1.29 is 4.74 Å². The molecule has 2 unspecified atom stereocenters. The van der Waals surface area contributed by atoms with Crippen molar-refractivity contribution in [1.82, 2.24) is 5.32 Å². The second kappa shape index (κ2) is 6.27. The third-order valence-electron chi connectivity index (χ3n) is 4.42. The summed E-state index contributed by atoms with van der Waals surface area (Å²) in [7, 11) is 0. The second-order valence-electron chi connectivity index (χ2n) is 5.93. The van der Waals surface area contributed by atoms with Gasteiger partial charge in [-0.15, -0.1) is 0 Å². The molecule has 0 bridgehead atoms. The van der Waals surface area contributed by atoms with E-state index in [4.69, 9.17) is 16.3 Å². The van der Waals surface area contributed by atoms with Crippen LogP contribution >= 0.6 is 23.4 Å². The molecule has 4 heteroatoms. The van der Waals surface area contributed by atoms with Crippen molar-refractivity contribution in [3.8, 4) is 0 Å². The highest BCUT2D eigenvalue weighted by Gasteiger charge is 2.40. The van der Waals surface area contributed by atoms with Gasteiger partial charge in [0.15, 0.2) is 0 Å². The van der Waals surface area contributed by atoms with Crippen molar-refractivity contribution in [3.05, 3.63) is 34.9 Å². The number of rotatable bonds is 3. The first kappa shape index (κ1) is 14.7. The summed E-state index contributed by atoms with van der Waals surface area (Å²) in [4.78, 5) is 0. The van der Waals surface area contributed by atoms with Crippen molar-refractivity contribution in [2.45, 2.75) is 43.9 Å². The molecular weight excluding hydrogens is 290 g/mol. The Morgan fingerprint density at radius 2 is 2.30 bits per heavy atom. The van der Waals surface area contributed by atoms with Gasteiger partial charge in [-0.1, -0.05) is 29.8 Å². The van der Waals surface area contributed by atoms with Gasteiger partial charge in [-0.25, -0.2) is 0 Å². The number of benzene rings is 1. The normalized spacial score (nSPS) is 31.6. The lowest BCUT2D eigenvalue weighted by Crippen LogP contribution is -2.47. The first-order valence-electron chi connectivity index (χ1n) is 7.41. The maximum absolute atomic E-state index is 6.29. The van der Waals surface area contributed by atoms with Gasteiger partial charge in [0.05, 0.1) is 5.60 Å². The zero-order valence-corrected chi connectivity index (χ0v) is 13.5. The van der Waals surface area contributed by atoms with Crippen LogP contribution in [0, 0.1) is 0 Å². The average molecular weight is 312 g/mol. The number of hydrogen-bond acceptors (Lipinski definition) is 3. The molecule has 3 rings (SSSR count). The van der Waals surface area contributed by atoms with Crippen LogP contribution in [0.3, 0.4) is 0 Å². The van der Waals surface area contributed by atoms with Crippen LogP contribution in [-0.4, -0.2) is 29.8 Å². The van der Waals surface area contributed by atoms with Gasteiger partial charge < -0.3 is 10.1 Å². The van der Waals surface area contributed by atoms with Gasteiger partial charge >= 0.3 is 0 Å². The van der Waals surface area contributed by atoms with Gasteiger partial charge in [-0.2, -0.15) is 11.8 Å². The van der Waals surface area contributed by atoms with Crippen LogP contribution in [0.2, 0.25) is 5.02 Å². The van der Waals surface area contributed by atoms with E-state index >= 15 is 0 Å². The quantitative estimate of drug-likeness (QED) is 0.910. The zero-order valence-electron chi connectivity index (χ0n) is 11.9. The second-order valence-corrected chi connectivity index (χ2v) is 7.45. The van der Waals surface area contributed by atoms with Crippen molar-refractivity contribution in [1.29, 1.82) is 0 Å². The molecule has 3 atom stereocenters. The Morgan fingerprint density at radius 1 is 1.45 bits per heavy atom. The molecular formula is C16H22ClNOS. The summed E-state index contributed by atoms with van der Waals surface area (Å²) in [6.07, 6.45) is 3.44. The molecule has 0 saturated carbocycles. The highest BCUT2D eigenvalue weighted by atomic mass is 35.5. The first-order chi connectivity index (χ1) is 9.69. The summed E-state index contributed by atoms with van der Waals surface area (Å²) >= 11 is 8.31. The fourth-order valence-corrected chi connectivity index (χ4v) is 4.98. The number of nitrogens with one attached hydrogen (secondary N) is 1. The molecule has 2 nitrogen and oxygen atoms in total. The van der Waals surface area contributed by atoms with Crippen LogP contribution in [0.5, 0.6) is 0 Å². The first-order valence-corrected chi connectivity index (χ1v) is 8.94. The van der Waals surface area contributed by atoms with Crippen LogP contribution in [0.25, 0.3) is 0 Å². The lowest BCUT2D eigenvalue weighted by molar-refractivity contribution is -0.0711. The summed E-state index contributed by atoms with van der Waals surface area (Å²) in [6, 6.07) is 8.94. The van der Waals surface area contributed by atoms with E-state index in [0.717, 1.165) is 30.2 Å². The maximum Gasteiger partial charge on any atom is 0.0795 e. The minimum atomic E-state index is 0.140. The molecule has 1 aromatic rings. The van der Waals surface area contributed by atoms with Crippen LogP contribution in [-0.2, 0) is 4.74 Å². The molecule has 2 heterocycles. The highest BCUT2D eigenvalue weighted by Crippen LogP contribution is 2.38. The van der Waals surface area contributed by atoms with Gasteiger partial charge in [-0.05, 0) is 43.6 Å². The molecule has 20 heavy (non-hydrogen) atoms. The fraction of sp³-hybridized carbons (Fsp3) is 0.625. The minimum absolute atomic E-state index is 0.140. The molecule has 0 radical (unpaired) electrons. The van der Waals surface area contributed by atoms with E-state index in [-0.39, 0.29) is 11.6 Å². The van der Waals surface area contributed by atoms with E-state index < -0.39 is 0 Å². The molecule has 0 aliphatic carbocycles. The summed E-state index contributed by atoms with van der Waals surface area (Å²) in [5.41, 5.74) is 1.33. The molecule has 0 aromatic heterocycles. The lowest BCUT2D eigenvalue weighted by atomic mass is 9.89. The summed E-state index contributed by atoms with van der Waals surface area (Å²) in [5, 5.41) is 4.61. The number of hydrogen-bond donors (Lipinski definition) is 1. The zero-order chi connectivity index (χ0) is 14.0. The number of thioether (sulfide) groups is 1. The summed E-state index contributed by atoms with van der Waals surface area (Å²) in [6.45, 7) is 3.08. The molecule has 1 N–H and O–H groups in total. The molecule has 2 fully saturated rings. The monoisotopic (exact) mass is 311 g/mol. The van der Waals surface area contributed by atoms with E-state index in [1.54, 1.807) is 0 Å². The average Bonchev–Trinajstić information content (AvgIpc) is 2.87. The third kappa shape index (κ3) is 3.16. The Morgan fingerprint density at radius 3 is 3.05 bits per heavy atom. The van der Waals surface area contributed by atoms with E-state index in [0.29, 0.717) is 6.04 Å². The van der Waals surface area contributed by atoms with Crippen LogP contribution in [0.4, 0.5) is 0 Å². The predicted octanol–water partition coefficient (Wildman–Crippen LogP) is 4.05. The molecule has 110 valence electrons. The Labute approximate surface area is 130 Å². The highest BCUT2D eigenvalue weighted by molar-refractivity contribution is 7.99. The molecule has 1 aromatic carbocycles. The van der Waals surface area contributed by atoms with Crippen LogP contribution in [0.1, 0.15) is 37.8 Å². The fourth-order valence-electron chi connectivity index (χ4n) is 3.30. The Bertz CT molecular complexity index is 462. The lowest BCUT2D eigenvalue weighted by Gasteiger charge is -2.39. The maximum atomic E-state index is 6.29. The smallest absolute Gasteiger partial charge is 0.0795 e. The van der Waals surface area contributed by atoms with E-state index in [9.17, 15) is 0 Å². The van der Waals surface area contributed by atoms with E-state index in [1.807, 2.05) is 23.9 Å². The van der Waals surface area contributed by atoms with Crippen molar-refractivity contribution in [3.63, 3.8) is 0 Å². The van der Waals surface area contributed by atoms with Crippen LogP contribution < -0.4 is 5.32 Å². The van der Waals surface area contributed by atoms with Gasteiger partial charge in [0, 0.05) is 29.5 Å². The van der Waals surface area contributed by atoms with Crippen molar-refractivity contribution in [2.24, 2.45) is 0 Å². The largest absolute Gasteiger partial charge is 0.374 e. The molecule has 2 aliphatic heterocycles. The molecule has 1 spiro atoms. The molecule has 2 aliphatic rings. The van der Waals surface area contributed by atoms with Crippen molar-refractivity contribution >= 4 is 23.4 Å². The summed E-state index contributed by atoms with van der Waals surface area (Å²) in [5.74, 6) is 2.40. The number of halogens is 1. The van der Waals surface area contributed by atoms with Gasteiger partial charge in [0.1, 0.15) is 0 Å². The predicted molar refractivity (Wildman–Crippen MR) is 86.6 cm³/mol. The minimum Gasteiger partial charge on any atom is -0.374 e. The summed E-state index contributed by atoms with van der Waals surface area (Å²) < 4.78 is 6.08. The van der Waals surface area contributed by atoms with Gasteiger partial charge in [0.25, 0.3) is 0 Å². The Balaban J connectivity index is 1.64.